The molecule has 0 atom stereocenters. The molecule has 27 heavy (non-hydrogen) atoms. The van der Waals surface area contributed by atoms with E-state index in [1.165, 1.54) is 11.3 Å². The molecule has 1 N–H and O–H groups in total. The van der Waals surface area contributed by atoms with Crippen LogP contribution in [0.4, 0.5) is 5.82 Å². The van der Waals surface area contributed by atoms with Gasteiger partial charge < -0.3 is 10.2 Å². The normalized spacial score (nSPS) is 10.6. The Morgan fingerprint density at radius 3 is 2.67 bits per heavy atom. The monoisotopic (exact) mass is 381 g/mol. The first-order valence-corrected chi connectivity index (χ1v) is 9.90. The number of carbonyl (C=O) groups excluding carboxylic acids is 1. The lowest BCUT2D eigenvalue weighted by atomic mass is 10.2. The average molecular weight is 382 g/mol. The summed E-state index contributed by atoms with van der Waals surface area (Å²) in [6.07, 6.45) is 3.81. The number of carbonyl (C=O) groups is 1. The summed E-state index contributed by atoms with van der Waals surface area (Å²) >= 11 is 1.50. The smallest absolute Gasteiger partial charge is 0.226 e. The van der Waals surface area contributed by atoms with Gasteiger partial charge in [-0.3, -0.25) is 9.78 Å². The Balaban J connectivity index is 1.52. The summed E-state index contributed by atoms with van der Waals surface area (Å²) in [5.74, 6) is 0.903. The van der Waals surface area contributed by atoms with Gasteiger partial charge in [-0.15, -0.1) is 11.3 Å². The molecule has 0 aliphatic rings. The zero-order valence-electron chi connectivity index (χ0n) is 15.6. The summed E-state index contributed by atoms with van der Waals surface area (Å²) in [5.41, 5.74) is 2.56. The van der Waals surface area contributed by atoms with Crippen molar-refractivity contribution in [3.63, 3.8) is 0 Å². The van der Waals surface area contributed by atoms with Crippen molar-refractivity contribution in [3.8, 4) is 10.7 Å². The second-order valence-electron chi connectivity index (χ2n) is 6.01. The average Bonchev–Trinajstić information content (AvgIpc) is 3.17. The number of aromatic nitrogens is 3. The SMILES string of the molecule is CCN(CC)c1ccc(CNC(=O)Cc2csc(-c3ccccn3)n2)cn1. The summed E-state index contributed by atoms with van der Waals surface area (Å²) in [5, 5.41) is 5.66. The highest BCUT2D eigenvalue weighted by atomic mass is 32.1. The summed E-state index contributed by atoms with van der Waals surface area (Å²) in [6.45, 7) is 6.52. The molecule has 140 valence electrons. The molecule has 0 aliphatic heterocycles. The van der Waals surface area contributed by atoms with E-state index in [0.29, 0.717) is 6.54 Å². The van der Waals surface area contributed by atoms with Crippen LogP contribution in [0.5, 0.6) is 0 Å². The Bertz CT molecular complexity index is 860. The van der Waals surface area contributed by atoms with Gasteiger partial charge in [-0.1, -0.05) is 12.1 Å². The van der Waals surface area contributed by atoms with E-state index in [1.54, 1.807) is 6.20 Å². The Labute approximate surface area is 163 Å². The third-order valence-electron chi connectivity index (χ3n) is 4.16. The quantitative estimate of drug-likeness (QED) is 0.648. The van der Waals surface area contributed by atoms with Crippen LogP contribution in [0.3, 0.4) is 0 Å². The van der Waals surface area contributed by atoms with Gasteiger partial charge in [0.15, 0.2) is 0 Å². The maximum absolute atomic E-state index is 12.2. The van der Waals surface area contributed by atoms with E-state index in [2.05, 4.69) is 39.0 Å². The molecule has 0 saturated carbocycles. The van der Waals surface area contributed by atoms with Crippen molar-refractivity contribution < 1.29 is 4.79 Å². The minimum atomic E-state index is -0.0549. The molecule has 3 heterocycles. The van der Waals surface area contributed by atoms with Gasteiger partial charge in [-0.05, 0) is 37.6 Å². The number of amides is 1. The summed E-state index contributed by atoms with van der Waals surface area (Å²) in [4.78, 5) is 27.7. The predicted octanol–water partition coefficient (Wildman–Crippen LogP) is 3.31. The van der Waals surface area contributed by atoms with Crippen LogP contribution in [0.25, 0.3) is 10.7 Å². The lowest BCUT2D eigenvalue weighted by Gasteiger charge is -2.19. The molecule has 3 rings (SSSR count). The molecule has 0 saturated heterocycles. The minimum Gasteiger partial charge on any atom is -0.357 e. The lowest BCUT2D eigenvalue weighted by Crippen LogP contribution is -2.25. The van der Waals surface area contributed by atoms with Crippen molar-refractivity contribution in [3.05, 3.63) is 59.4 Å². The van der Waals surface area contributed by atoms with E-state index in [1.807, 2.05) is 41.9 Å². The zero-order chi connectivity index (χ0) is 19.1. The van der Waals surface area contributed by atoms with Gasteiger partial charge in [0.1, 0.15) is 10.8 Å². The number of pyridine rings is 2. The van der Waals surface area contributed by atoms with E-state index in [9.17, 15) is 4.79 Å². The van der Waals surface area contributed by atoms with Crippen LogP contribution in [-0.4, -0.2) is 33.9 Å². The van der Waals surface area contributed by atoms with E-state index in [4.69, 9.17) is 0 Å². The van der Waals surface area contributed by atoms with E-state index < -0.39 is 0 Å². The lowest BCUT2D eigenvalue weighted by molar-refractivity contribution is -0.120. The van der Waals surface area contributed by atoms with Crippen molar-refractivity contribution in [2.24, 2.45) is 0 Å². The zero-order valence-corrected chi connectivity index (χ0v) is 16.4. The van der Waals surface area contributed by atoms with E-state index >= 15 is 0 Å². The number of rotatable bonds is 8. The number of hydrogen-bond donors (Lipinski definition) is 1. The molecule has 3 aromatic rings. The molecule has 0 aliphatic carbocycles. The molecule has 7 heteroatoms. The molecule has 0 unspecified atom stereocenters. The van der Waals surface area contributed by atoms with Crippen LogP contribution in [0.2, 0.25) is 0 Å². The first kappa shape index (κ1) is 19.0. The highest BCUT2D eigenvalue weighted by Crippen LogP contribution is 2.21. The molecule has 0 fully saturated rings. The third kappa shape index (κ3) is 5.10. The molecule has 0 spiro atoms. The van der Waals surface area contributed by atoms with Gasteiger partial charge in [-0.2, -0.15) is 0 Å². The first-order valence-electron chi connectivity index (χ1n) is 9.02. The van der Waals surface area contributed by atoms with Gasteiger partial charge in [0, 0.05) is 37.4 Å². The molecule has 0 radical (unpaired) electrons. The Morgan fingerprint density at radius 1 is 1.15 bits per heavy atom. The van der Waals surface area contributed by atoms with Crippen LogP contribution in [-0.2, 0) is 17.8 Å². The van der Waals surface area contributed by atoms with Crippen LogP contribution < -0.4 is 10.2 Å². The van der Waals surface area contributed by atoms with Crippen molar-refractivity contribution in [2.75, 3.05) is 18.0 Å². The molecule has 0 bridgehead atoms. The van der Waals surface area contributed by atoms with Crippen molar-refractivity contribution in [2.45, 2.75) is 26.8 Å². The fraction of sp³-hybridized carbons (Fsp3) is 0.300. The molecule has 1 amide bonds. The fourth-order valence-electron chi connectivity index (χ4n) is 2.68. The highest BCUT2D eigenvalue weighted by Gasteiger charge is 2.10. The Hall–Kier alpha value is -2.80. The van der Waals surface area contributed by atoms with Crippen LogP contribution in [0.1, 0.15) is 25.1 Å². The Kier molecular flexibility index (Phi) is 6.49. The van der Waals surface area contributed by atoms with Gasteiger partial charge in [-0.25, -0.2) is 9.97 Å². The number of thiazole rings is 1. The van der Waals surface area contributed by atoms with E-state index in [0.717, 1.165) is 40.9 Å². The van der Waals surface area contributed by atoms with Crippen molar-refractivity contribution in [1.82, 2.24) is 20.3 Å². The second-order valence-corrected chi connectivity index (χ2v) is 6.87. The molecule has 6 nitrogen and oxygen atoms in total. The minimum absolute atomic E-state index is 0.0549. The van der Waals surface area contributed by atoms with Crippen molar-refractivity contribution >= 4 is 23.1 Å². The van der Waals surface area contributed by atoms with Gasteiger partial charge in [0.2, 0.25) is 5.91 Å². The molecular weight excluding hydrogens is 358 g/mol. The maximum atomic E-state index is 12.2. The van der Waals surface area contributed by atoms with Crippen molar-refractivity contribution in [1.29, 1.82) is 0 Å². The standard InChI is InChI=1S/C20H23N5OS/c1-3-25(4-2)18-9-8-15(12-22-18)13-23-19(26)11-16-14-27-20(24-16)17-7-5-6-10-21-17/h5-10,12,14H,3-4,11,13H2,1-2H3,(H,23,26). The van der Waals surface area contributed by atoms with E-state index in [-0.39, 0.29) is 12.3 Å². The third-order valence-corrected chi connectivity index (χ3v) is 5.08. The van der Waals surface area contributed by atoms with Crippen LogP contribution in [0, 0.1) is 0 Å². The summed E-state index contributed by atoms with van der Waals surface area (Å²) < 4.78 is 0. The van der Waals surface area contributed by atoms with Gasteiger partial charge >= 0.3 is 0 Å². The van der Waals surface area contributed by atoms with Gasteiger partial charge in [0.05, 0.1) is 17.8 Å². The topological polar surface area (TPSA) is 71.0 Å². The molecule has 3 aromatic heterocycles. The fourth-order valence-corrected chi connectivity index (χ4v) is 3.47. The second kappa shape index (κ2) is 9.23. The number of nitrogens with zero attached hydrogens (tertiary/aromatic N) is 4. The largest absolute Gasteiger partial charge is 0.357 e. The summed E-state index contributed by atoms with van der Waals surface area (Å²) in [6, 6.07) is 9.71. The van der Waals surface area contributed by atoms with Gasteiger partial charge in [0.25, 0.3) is 0 Å². The number of nitrogens with one attached hydrogen (secondary N) is 1. The van der Waals surface area contributed by atoms with Crippen LogP contribution in [0.15, 0.2) is 48.1 Å². The maximum Gasteiger partial charge on any atom is 0.226 e. The Morgan fingerprint density at radius 2 is 2.00 bits per heavy atom. The predicted molar refractivity (Wildman–Crippen MR) is 109 cm³/mol. The highest BCUT2D eigenvalue weighted by molar-refractivity contribution is 7.13. The molecular formula is C20H23N5OS. The number of hydrogen-bond acceptors (Lipinski definition) is 6. The first-order chi connectivity index (χ1) is 13.2. The van der Waals surface area contributed by atoms with Crippen LogP contribution >= 0.6 is 11.3 Å². The molecule has 0 aromatic carbocycles. The number of anilines is 1. The summed E-state index contributed by atoms with van der Waals surface area (Å²) in [7, 11) is 0.